The van der Waals surface area contributed by atoms with Crippen LogP contribution in [0.2, 0.25) is 0 Å². The molecule has 1 heterocycles. The van der Waals surface area contributed by atoms with Crippen LogP contribution in [0, 0.1) is 5.41 Å². The summed E-state index contributed by atoms with van der Waals surface area (Å²) < 4.78 is 0. The molecule has 1 unspecified atom stereocenters. The smallest absolute Gasteiger partial charge is 0.246 e. The second kappa shape index (κ2) is 5.98. The molecular formula is C17H30N2O2. The molecule has 0 aromatic heterocycles. The molecule has 0 radical (unpaired) electrons. The first-order valence-electron chi connectivity index (χ1n) is 8.43. The standard InChI is InChI=1S/C17H30N2O2/c1-5-8-13-14(20)19(12-11-16(2,3)4)17(15(21)18-13)9-6-7-10-17/h13H,5-12H2,1-4H3,(H,18,21). The Morgan fingerprint density at radius 2 is 1.86 bits per heavy atom. The average molecular weight is 294 g/mol. The topological polar surface area (TPSA) is 49.4 Å². The van der Waals surface area contributed by atoms with Crippen LogP contribution in [0.1, 0.15) is 72.6 Å². The fourth-order valence-corrected chi connectivity index (χ4v) is 3.59. The zero-order chi connectivity index (χ0) is 15.7. The monoisotopic (exact) mass is 294 g/mol. The number of amides is 2. The maximum absolute atomic E-state index is 12.9. The molecule has 1 N–H and O–H groups in total. The Labute approximate surface area is 128 Å². The summed E-state index contributed by atoms with van der Waals surface area (Å²) in [6, 6.07) is -0.311. The first-order valence-corrected chi connectivity index (χ1v) is 8.43. The van der Waals surface area contributed by atoms with Gasteiger partial charge >= 0.3 is 0 Å². The fraction of sp³-hybridized carbons (Fsp3) is 0.882. The van der Waals surface area contributed by atoms with E-state index in [1.165, 1.54) is 0 Å². The Hall–Kier alpha value is -1.06. The SMILES string of the molecule is CCCC1NC(=O)C2(CCCC2)N(CCC(C)(C)C)C1=O. The summed E-state index contributed by atoms with van der Waals surface area (Å²) >= 11 is 0. The van der Waals surface area contributed by atoms with Gasteiger partial charge in [0.25, 0.3) is 0 Å². The second-order valence-corrected chi connectivity index (χ2v) is 7.85. The van der Waals surface area contributed by atoms with Crippen molar-refractivity contribution >= 4 is 11.8 Å². The van der Waals surface area contributed by atoms with Crippen molar-refractivity contribution < 1.29 is 9.59 Å². The highest BCUT2D eigenvalue weighted by molar-refractivity contribution is 6.00. The molecule has 1 aliphatic carbocycles. The molecule has 0 aromatic rings. The quantitative estimate of drug-likeness (QED) is 0.866. The van der Waals surface area contributed by atoms with Crippen LogP contribution in [0.25, 0.3) is 0 Å². The number of nitrogens with zero attached hydrogens (tertiary/aromatic N) is 1. The largest absolute Gasteiger partial charge is 0.342 e. The van der Waals surface area contributed by atoms with E-state index < -0.39 is 5.54 Å². The van der Waals surface area contributed by atoms with E-state index in [0.29, 0.717) is 6.54 Å². The number of hydrogen-bond donors (Lipinski definition) is 1. The zero-order valence-electron chi connectivity index (χ0n) is 14.0. The third-order valence-corrected chi connectivity index (χ3v) is 4.90. The Balaban J connectivity index is 2.22. The van der Waals surface area contributed by atoms with Gasteiger partial charge in [-0.15, -0.1) is 0 Å². The van der Waals surface area contributed by atoms with Gasteiger partial charge in [-0.1, -0.05) is 47.0 Å². The molecule has 0 aromatic carbocycles. The highest BCUT2D eigenvalue weighted by atomic mass is 16.2. The first-order chi connectivity index (χ1) is 9.80. The summed E-state index contributed by atoms with van der Waals surface area (Å²) in [5, 5.41) is 3.00. The van der Waals surface area contributed by atoms with Crippen LogP contribution in [-0.2, 0) is 9.59 Å². The minimum absolute atomic E-state index is 0.0898. The third kappa shape index (κ3) is 3.24. The van der Waals surface area contributed by atoms with Crippen molar-refractivity contribution in [2.75, 3.05) is 6.54 Å². The minimum atomic E-state index is -0.549. The molecule has 1 saturated heterocycles. The number of piperazine rings is 1. The molecule has 1 aliphatic heterocycles. The van der Waals surface area contributed by atoms with Gasteiger partial charge < -0.3 is 10.2 Å². The van der Waals surface area contributed by atoms with Gasteiger partial charge in [0, 0.05) is 6.54 Å². The molecule has 120 valence electrons. The van der Waals surface area contributed by atoms with Crippen molar-refractivity contribution in [3.05, 3.63) is 0 Å². The van der Waals surface area contributed by atoms with Gasteiger partial charge in [-0.05, 0) is 31.1 Å². The number of nitrogens with one attached hydrogen (secondary N) is 1. The van der Waals surface area contributed by atoms with Crippen LogP contribution >= 0.6 is 0 Å². The molecule has 2 amide bonds. The Kier molecular flexibility index (Phi) is 4.64. The minimum Gasteiger partial charge on any atom is -0.342 e. The first kappa shape index (κ1) is 16.3. The zero-order valence-corrected chi connectivity index (χ0v) is 14.0. The molecule has 4 nitrogen and oxygen atoms in total. The fourth-order valence-electron chi connectivity index (χ4n) is 3.59. The van der Waals surface area contributed by atoms with Gasteiger partial charge in [-0.2, -0.15) is 0 Å². The molecule has 1 saturated carbocycles. The van der Waals surface area contributed by atoms with Gasteiger partial charge in [-0.25, -0.2) is 0 Å². The second-order valence-electron chi connectivity index (χ2n) is 7.85. The molecular weight excluding hydrogens is 264 g/mol. The van der Waals surface area contributed by atoms with Gasteiger partial charge in [0.1, 0.15) is 11.6 Å². The summed E-state index contributed by atoms with van der Waals surface area (Å²) in [5.74, 6) is 0.231. The molecule has 1 spiro atoms. The van der Waals surface area contributed by atoms with Crippen molar-refractivity contribution in [2.45, 2.75) is 84.2 Å². The van der Waals surface area contributed by atoms with Crippen LogP contribution in [0.4, 0.5) is 0 Å². The molecule has 2 fully saturated rings. The van der Waals surface area contributed by atoms with Gasteiger partial charge in [0.2, 0.25) is 11.8 Å². The maximum Gasteiger partial charge on any atom is 0.246 e. The summed E-state index contributed by atoms with van der Waals surface area (Å²) in [4.78, 5) is 27.5. The van der Waals surface area contributed by atoms with E-state index in [9.17, 15) is 9.59 Å². The summed E-state index contributed by atoms with van der Waals surface area (Å²) in [6.07, 6.45) is 6.34. The molecule has 0 bridgehead atoms. The van der Waals surface area contributed by atoms with Crippen molar-refractivity contribution in [1.29, 1.82) is 0 Å². The van der Waals surface area contributed by atoms with Crippen LogP contribution < -0.4 is 5.32 Å². The van der Waals surface area contributed by atoms with Crippen molar-refractivity contribution in [1.82, 2.24) is 10.2 Å². The lowest BCUT2D eigenvalue weighted by molar-refractivity contribution is -0.158. The molecule has 21 heavy (non-hydrogen) atoms. The van der Waals surface area contributed by atoms with Crippen LogP contribution in [0.5, 0.6) is 0 Å². The number of hydrogen-bond acceptors (Lipinski definition) is 2. The predicted molar refractivity (Wildman–Crippen MR) is 83.8 cm³/mol. The van der Waals surface area contributed by atoms with Gasteiger partial charge in [-0.3, -0.25) is 9.59 Å². The summed E-state index contributed by atoms with van der Waals surface area (Å²) in [5.41, 5.74) is -0.374. The molecule has 1 atom stereocenters. The number of carbonyl (C=O) groups excluding carboxylic acids is 2. The van der Waals surface area contributed by atoms with E-state index in [-0.39, 0.29) is 23.3 Å². The lowest BCUT2D eigenvalue weighted by Crippen LogP contribution is -2.69. The normalized spacial score (nSPS) is 25.5. The van der Waals surface area contributed by atoms with Crippen LogP contribution in [0.3, 0.4) is 0 Å². The van der Waals surface area contributed by atoms with E-state index in [1.54, 1.807) is 0 Å². The molecule has 2 rings (SSSR count). The van der Waals surface area contributed by atoms with E-state index >= 15 is 0 Å². The van der Waals surface area contributed by atoms with E-state index in [2.05, 4.69) is 33.0 Å². The number of rotatable bonds is 4. The summed E-state index contributed by atoms with van der Waals surface area (Å²) in [7, 11) is 0. The predicted octanol–water partition coefficient (Wildman–Crippen LogP) is 2.86. The lowest BCUT2D eigenvalue weighted by atomic mass is 9.86. The van der Waals surface area contributed by atoms with Crippen molar-refractivity contribution in [3.63, 3.8) is 0 Å². The van der Waals surface area contributed by atoms with Crippen LogP contribution in [0.15, 0.2) is 0 Å². The van der Waals surface area contributed by atoms with Crippen molar-refractivity contribution in [3.8, 4) is 0 Å². The Bertz CT molecular complexity index is 406. The third-order valence-electron chi connectivity index (χ3n) is 4.90. The molecule has 2 aliphatic rings. The Morgan fingerprint density at radius 3 is 2.38 bits per heavy atom. The molecule has 4 heteroatoms. The maximum atomic E-state index is 12.9. The van der Waals surface area contributed by atoms with Gasteiger partial charge in [0.05, 0.1) is 0 Å². The lowest BCUT2D eigenvalue weighted by Gasteiger charge is -2.47. The summed E-state index contributed by atoms with van der Waals surface area (Å²) in [6.45, 7) is 9.32. The number of carbonyl (C=O) groups is 2. The Morgan fingerprint density at radius 1 is 1.24 bits per heavy atom. The van der Waals surface area contributed by atoms with E-state index in [0.717, 1.165) is 44.9 Å². The van der Waals surface area contributed by atoms with E-state index in [4.69, 9.17) is 0 Å². The highest BCUT2D eigenvalue weighted by Gasteiger charge is 2.53. The highest BCUT2D eigenvalue weighted by Crippen LogP contribution is 2.39. The van der Waals surface area contributed by atoms with E-state index in [1.807, 2.05) is 4.90 Å². The van der Waals surface area contributed by atoms with Crippen LogP contribution in [-0.4, -0.2) is 34.8 Å². The van der Waals surface area contributed by atoms with Gasteiger partial charge in [0.15, 0.2) is 0 Å². The van der Waals surface area contributed by atoms with Crippen molar-refractivity contribution in [2.24, 2.45) is 5.41 Å². The average Bonchev–Trinajstić information content (AvgIpc) is 2.85.